The molecule has 25 heavy (non-hydrogen) atoms. The number of ether oxygens (including phenoxy) is 2. The average molecular weight is 357 g/mol. The molecule has 10 heteroatoms. The number of nitrogens with zero attached hydrogens (tertiary/aromatic N) is 2. The second-order valence-corrected chi connectivity index (χ2v) is 4.40. The fourth-order valence-electron chi connectivity index (χ4n) is 1.72. The minimum atomic E-state index is -3.18. The molecule has 0 saturated heterocycles. The van der Waals surface area contributed by atoms with Gasteiger partial charge in [-0.25, -0.2) is 5.43 Å². The second kappa shape index (κ2) is 8.62. The fourth-order valence-corrected chi connectivity index (χ4v) is 1.72. The van der Waals surface area contributed by atoms with Crippen molar-refractivity contribution >= 4 is 12.1 Å². The normalized spacial score (nSPS) is 11.1. The maximum absolute atomic E-state index is 12.4. The van der Waals surface area contributed by atoms with Gasteiger partial charge in [0.05, 0.1) is 11.8 Å². The van der Waals surface area contributed by atoms with E-state index in [2.05, 4.69) is 25.0 Å². The molecule has 1 aromatic heterocycles. The number of alkyl halides is 4. The molecule has 0 bridgehead atoms. The van der Waals surface area contributed by atoms with Crippen LogP contribution in [0.3, 0.4) is 0 Å². The molecule has 0 aliphatic heterocycles. The van der Waals surface area contributed by atoms with E-state index in [0.29, 0.717) is 0 Å². The van der Waals surface area contributed by atoms with Crippen molar-refractivity contribution in [2.75, 3.05) is 0 Å². The topological polar surface area (TPSA) is 72.8 Å². The van der Waals surface area contributed by atoms with Gasteiger partial charge in [0.25, 0.3) is 5.91 Å². The molecule has 0 fully saturated rings. The van der Waals surface area contributed by atoms with Crippen LogP contribution in [0.1, 0.15) is 15.9 Å². The lowest BCUT2D eigenvalue weighted by Crippen LogP contribution is -2.17. The van der Waals surface area contributed by atoms with Gasteiger partial charge in [-0.05, 0) is 24.3 Å². The number of carbonyl (C=O) groups excluding carboxylic acids is 1. The van der Waals surface area contributed by atoms with Crippen molar-refractivity contribution in [3.05, 3.63) is 53.9 Å². The molecule has 0 aliphatic rings. The van der Waals surface area contributed by atoms with E-state index < -0.39 is 24.9 Å². The molecule has 2 rings (SSSR count). The predicted molar refractivity (Wildman–Crippen MR) is 79.0 cm³/mol. The number of benzene rings is 1. The number of pyridine rings is 1. The van der Waals surface area contributed by atoms with E-state index in [1.165, 1.54) is 24.5 Å². The number of aromatic nitrogens is 1. The summed E-state index contributed by atoms with van der Waals surface area (Å²) in [7, 11) is 0. The van der Waals surface area contributed by atoms with Crippen molar-refractivity contribution < 1.29 is 31.8 Å². The van der Waals surface area contributed by atoms with E-state index in [0.717, 1.165) is 18.3 Å². The predicted octanol–water partition coefficient (Wildman–Crippen LogP) is 3.05. The van der Waals surface area contributed by atoms with E-state index in [9.17, 15) is 22.4 Å². The Bertz CT molecular complexity index is 742. The SMILES string of the molecule is O=C(NN=Cc1ccc(OC(F)F)cc1OC(F)F)c1cccnc1. The smallest absolute Gasteiger partial charge is 0.387 e. The number of nitrogens with one attached hydrogen (secondary N) is 1. The highest BCUT2D eigenvalue weighted by Gasteiger charge is 2.12. The van der Waals surface area contributed by atoms with Gasteiger partial charge in [0.2, 0.25) is 0 Å². The molecule has 1 N–H and O–H groups in total. The summed E-state index contributed by atoms with van der Waals surface area (Å²) in [5, 5.41) is 3.61. The van der Waals surface area contributed by atoms with Crippen molar-refractivity contribution in [1.29, 1.82) is 0 Å². The van der Waals surface area contributed by atoms with E-state index in [4.69, 9.17) is 0 Å². The van der Waals surface area contributed by atoms with Gasteiger partial charge in [-0.2, -0.15) is 22.7 Å². The lowest BCUT2D eigenvalue weighted by molar-refractivity contribution is -0.0543. The Morgan fingerprint density at radius 2 is 1.92 bits per heavy atom. The molecule has 2 aromatic rings. The van der Waals surface area contributed by atoms with Crippen molar-refractivity contribution in [3.63, 3.8) is 0 Å². The Labute approximate surface area is 139 Å². The maximum atomic E-state index is 12.4. The van der Waals surface area contributed by atoms with Crippen LogP contribution in [0, 0.1) is 0 Å². The molecule has 1 amide bonds. The van der Waals surface area contributed by atoms with Crippen LogP contribution in [0.2, 0.25) is 0 Å². The molecular formula is C15H11F4N3O3. The lowest BCUT2D eigenvalue weighted by Gasteiger charge is -2.10. The molecule has 0 spiro atoms. The molecular weight excluding hydrogens is 346 g/mol. The number of halogens is 4. The zero-order valence-corrected chi connectivity index (χ0v) is 12.4. The molecule has 0 saturated carbocycles. The third kappa shape index (κ3) is 5.75. The highest BCUT2D eigenvalue weighted by Crippen LogP contribution is 2.26. The number of rotatable bonds is 7. The van der Waals surface area contributed by atoms with Crippen LogP contribution < -0.4 is 14.9 Å². The monoisotopic (exact) mass is 357 g/mol. The standard InChI is InChI=1S/C15H11F4N3O3/c16-14(17)24-11-4-3-9(12(6-11)25-15(18)19)8-21-22-13(23)10-2-1-5-20-7-10/h1-8,14-15H,(H,22,23). The lowest BCUT2D eigenvalue weighted by atomic mass is 10.2. The molecule has 0 unspecified atom stereocenters. The van der Waals surface area contributed by atoms with E-state index in [-0.39, 0.29) is 16.9 Å². The molecule has 0 atom stereocenters. The number of hydrogen-bond donors (Lipinski definition) is 1. The van der Waals surface area contributed by atoms with E-state index in [1.807, 2.05) is 0 Å². The van der Waals surface area contributed by atoms with E-state index in [1.54, 1.807) is 6.07 Å². The quantitative estimate of drug-likeness (QED) is 0.470. The molecule has 0 radical (unpaired) electrons. The Balaban J connectivity index is 2.12. The van der Waals surface area contributed by atoms with E-state index >= 15 is 0 Å². The van der Waals surface area contributed by atoms with Crippen LogP contribution in [-0.4, -0.2) is 30.3 Å². The summed E-state index contributed by atoms with van der Waals surface area (Å²) < 4.78 is 57.6. The molecule has 6 nitrogen and oxygen atoms in total. The third-order valence-electron chi connectivity index (χ3n) is 2.72. The highest BCUT2D eigenvalue weighted by atomic mass is 19.3. The van der Waals surface area contributed by atoms with Gasteiger partial charge in [-0.3, -0.25) is 9.78 Å². The first kappa shape index (κ1) is 18.2. The third-order valence-corrected chi connectivity index (χ3v) is 2.72. The van der Waals surface area contributed by atoms with Gasteiger partial charge < -0.3 is 9.47 Å². The van der Waals surface area contributed by atoms with Crippen molar-refractivity contribution in [2.45, 2.75) is 13.2 Å². The van der Waals surface area contributed by atoms with Crippen LogP contribution in [-0.2, 0) is 0 Å². The maximum Gasteiger partial charge on any atom is 0.387 e. The summed E-state index contributed by atoms with van der Waals surface area (Å²) in [5.74, 6) is -1.37. The number of amides is 1. The summed E-state index contributed by atoms with van der Waals surface area (Å²) in [6.07, 6.45) is 3.82. The molecule has 1 heterocycles. The van der Waals surface area contributed by atoms with Crippen LogP contribution in [0.4, 0.5) is 17.6 Å². The molecule has 132 valence electrons. The number of carbonyl (C=O) groups is 1. The largest absolute Gasteiger partial charge is 0.435 e. The van der Waals surface area contributed by atoms with Gasteiger partial charge in [-0.1, -0.05) is 0 Å². The summed E-state index contributed by atoms with van der Waals surface area (Å²) in [6, 6.07) is 6.21. The van der Waals surface area contributed by atoms with Gasteiger partial charge in [0.1, 0.15) is 11.5 Å². The summed E-state index contributed by atoms with van der Waals surface area (Å²) >= 11 is 0. The Morgan fingerprint density at radius 3 is 2.56 bits per heavy atom. The summed E-state index contributed by atoms with van der Waals surface area (Å²) in [4.78, 5) is 15.5. The van der Waals surface area contributed by atoms with Crippen molar-refractivity contribution in [1.82, 2.24) is 10.4 Å². The minimum Gasteiger partial charge on any atom is -0.435 e. The summed E-state index contributed by atoms with van der Waals surface area (Å²) in [6.45, 7) is -6.29. The zero-order chi connectivity index (χ0) is 18.2. The van der Waals surface area contributed by atoms with Crippen LogP contribution >= 0.6 is 0 Å². The first-order valence-corrected chi connectivity index (χ1v) is 6.73. The van der Waals surface area contributed by atoms with Gasteiger partial charge in [0, 0.05) is 24.0 Å². The summed E-state index contributed by atoms with van der Waals surface area (Å²) in [5.41, 5.74) is 2.43. The zero-order valence-electron chi connectivity index (χ0n) is 12.4. The highest BCUT2D eigenvalue weighted by molar-refractivity contribution is 5.94. The van der Waals surface area contributed by atoms with Crippen LogP contribution in [0.5, 0.6) is 11.5 Å². The first-order chi connectivity index (χ1) is 12.0. The van der Waals surface area contributed by atoms with Gasteiger partial charge >= 0.3 is 13.2 Å². The minimum absolute atomic E-state index is 0.0217. The van der Waals surface area contributed by atoms with Crippen molar-refractivity contribution in [3.8, 4) is 11.5 Å². The Kier molecular flexibility index (Phi) is 6.26. The fraction of sp³-hybridized carbons (Fsp3) is 0.133. The molecule has 0 aliphatic carbocycles. The van der Waals surface area contributed by atoms with Gasteiger partial charge in [0.15, 0.2) is 0 Å². The molecule has 1 aromatic carbocycles. The number of hydrogen-bond acceptors (Lipinski definition) is 5. The number of hydrazone groups is 1. The Morgan fingerprint density at radius 1 is 1.16 bits per heavy atom. The Hall–Kier alpha value is -3.17. The average Bonchev–Trinajstić information content (AvgIpc) is 2.56. The van der Waals surface area contributed by atoms with Crippen molar-refractivity contribution in [2.24, 2.45) is 5.10 Å². The van der Waals surface area contributed by atoms with Crippen LogP contribution in [0.25, 0.3) is 0 Å². The van der Waals surface area contributed by atoms with Crippen LogP contribution in [0.15, 0.2) is 47.8 Å². The first-order valence-electron chi connectivity index (χ1n) is 6.73. The van der Waals surface area contributed by atoms with Gasteiger partial charge in [-0.15, -0.1) is 0 Å². The second-order valence-electron chi connectivity index (χ2n) is 4.40.